The van der Waals surface area contributed by atoms with Crippen molar-refractivity contribution < 1.29 is 22.8 Å². The lowest BCUT2D eigenvalue weighted by Crippen LogP contribution is -2.39. The van der Waals surface area contributed by atoms with Crippen LogP contribution in [-0.4, -0.2) is 42.4 Å². The molecule has 24 heavy (non-hydrogen) atoms. The number of nitrogens with zero attached hydrogens (tertiary/aromatic N) is 1. The molecule has 0 saturated carbocycles. The molecule has 1 aliphatic heterocycles. The van der Waals surface area contributed by atoms with E-state index in [9.17, 15) is 22.8 Å². The van der Waals surface area contributed by atoms with E-state index >= 15 is 0 Å². The van der Waals surface area contributed by atoms with Crippen molar-refractivity contribution in [1.29, 1.82) is 0 Å². The van der Waals surface area contributed by atoms with Gasteiger partial charge in [-0.3, -0.25) is 9.59 Å². The highest BCUT2D eigenvalue weighted by Crippen LogP contribution is 2.29. The summed E-state index contributed by atoms with van der Waals surface area (Å²) >= 11 is 0. The summed E-state index contributed by atoms with van der Waals surface area (Å²) in [6, 6.07) is 4.39. The number of alkyl halides is 3. The van der Waals surface area contributed by atoms with Crippen molar-refractivity contribution in [3.8, 4) is 0 Å². The molecule has 0 aromatic heterocycles. The smallest absolute Gasteiger partial charge is 0.343 e. The van der Waals surface area contributed by atoms with E-state index in [0.717, 1.165) is 18.6 Å². The zero-order chi connectivity index (χ0) is 17.7. The molecule has 1 saturated heterocycles. The first-order valence-electron chi connectivity index (χ1n) is 7.42. The summed E-state index contributed by atoms with van der Waals surface area (Å²) in [4.78, 5) is 25.1. The summed E-state index contributed by atoms with van der Waals surface area (Å²) in [5, 5.41) is 2.44. The van der Waals surface area contributed by atoms with Gasteiger partial charge in [0.2, 0.25) is 11.8 Å². The normalized spacial score (nSPS) is 18.2. The zero-order valence-corrected chi connectivity index (χ0v) is 12.8. The van der Waals surface area contributed by atoms with Gasteiger partial charge in [0.15, 0.2) is 0 Å². The number of amides is 2. The average molecular weight is 341 g/mol. The molecular formula is C16H18F3N3O2. The second-order valence-electron chi connectivity index (χ2n) is 5.56. The fourth-order valence-electron chi connectivity index (χ4n) is 2.30. The first kappa shape index (κ1) is 18.0. The quantitative estimate of drug-likeness (QED) is 0.813. The molecule has 1 aromatic rings. The maximum absolute atomic E-state index is 12.4. The highest BCUT2D eigenvalue weighted by molar-refractivity contribution is 5.94. The molecule has 1 atom stereocenters. The van der Waals surface area contributed by atoms with Crippen molar-refractivity contribution in [1.82, 2.24) is 10.2 Å². The fourth-order valence-corrected chi connectivity index (χ4v) is 2.30. The molecule has 1 aliphatic rings. The number of rotatable bonds is 4. The van der Waals surface area contributed by atoms with Gasteiger partial charge in [0, 0.05) is 25.2 Å². The van der Waals surface area contributed by atoms with Crippen molar-refractivity contribution in [3.63, 3.8) is 0 Å². The number of halogens is 3. The summed E-state index contributed by atoms with van der Waals surface area (Å²) in [6.45, 7) is 0.927. The Bertz CT molecular complexity index is 626. The summed E-state index contributed by atoms with van der Waals surface area (Å²) in [5.74, 6) is -0.703. The number of nitrogens with two attached hydrogens (primary N) is 1. The van der Waals surface area contributed by atoms with E-state index in [1.807, 2.05) is 0 Å². The monoisotopic (exact) mass is 341 g/mol. The van der Waals surface area contributed by atoms with Crippen LogP contribution in [0.5, 0.6) is 0 Å². The largest absolute Gasteiger partial charge is 0.416 e. The van der Waals surface area contributed by atoms with E-state index < -0.39 is 17.6 Å². The second-order valence-corrected chi connectivity index (χ2v) is 5.56. The lowest BCUT2D eigenvalue weighted by molar-refractivity contribution is -0.137. The number of nitrogens with one attached hydrogen (secondary N) is 1. The van der Waals surface area contributed by atoms with E-state index in [4.69, 9.17) is 5.73 Å². The van der Waals surface area contributed by atoms with Crippen molar-refractivity contribution >= 4 is 17.9 Å². The summed E-state index contributed by atoms with van der Waals surface area (Å²) in [6.07, 6.45) is -1.09. The van der Waals surface area contributed by atoms with Crippen molar-refractivity contribution in [3.05, 3.63) is 41.5 Å². The van der Waals surface area contributed by atoms with E-state index in [1.54, 1.807) is 4.90 Å². The standard InChI is InChI=1S/C16H18F3N3O2/c17-16(18,19)12-4-1-11(2-5-12)3-6-14(23)21-9-15(24)22-8-7-13(20)10-22/h1-6,13H,7-10,20H2,(H,21,23)/b6-3+/t13-/m0/s1. The highest BCUT2D eigenvalue weighted by atomic mass is 19.4. The Morgan fingerprint density at radius 2 is 1.96 bits per heavy atom. The zero-order valence-electron chi connectivity index (χ0n) is 12.8. The van der Waals surface area contributed by atoms with Gasteiger partial charge in [-0.25, -0.2) is 0 Å². The minimum absolute atomic E-state index is 0.0239. The maximum atomic E-state index is 12.4. The Morgan fingerprint density at radius 3 is 2.50 bits per heavy atom. The van der Waals surface area contributed by atoms with E-state index in [-0.39, 0.29) is 18.5 Å². The lowest BCUT2D eigenvalue weighted by atomic mass is 10.1. The molecule has 2 rings (SSSR count). The van der Waals surface area contributed by atoms with Crippen LogP contribution in [-0.2, 0) is 15.8 Å². The summed E-state index contributed by atoms with van der Waals surface area (Å²) in [5.41, 5.74) is 5.41. The minimum Gasteiger partial charge on any atom is -0.343 e. The molecule has 0 unspecified atom stereocenters. The Balaban J connectivity index is 1.81. The predicted molar refractivity (Wildman–Crippen MR) is 82.7 cm³/mol. The first-order chi connectivity index (χ1) is 11.3. The molecule has 130 valence electrons. The minimum atomic E-state index is -4.39. The van der Waals surface area contributed by atoms with Crippen LogP contribution >= 0.6 is 0 Å². The SMILES string of the molecule is N[C@H]1CCN(C(=O)CNC(=O)/C=C/c2ccc(C(F)(F)F)cc2)C1. The van der Waals surface area contributed by atoms with Crippen LogP contribution in [0.4, 0.5) is 13.2 Å². The third-order valence-corrected chi connectivity index (χ3v) is 3.66. The van der Waals surface area contributed by atoms with Crippen molar-refractivity contribution in [2.45, 2.75) is 18.6 Å². The van der Waals surface area contributed by atoms with Crippen LogP contribution in [0.2, 0.25) is 0 Å². The summed E-state index contributed by atoms with van der Waals surface area (Å²) in [7, 11) is 0. The van der Waals surface area contributed by atoms with Gasteiger partial charge in [-0.2, -0.15) is 13.2 Å². The van der Waals surface area contributed by atoms with Gasteiger partial charge in [-0.1, -0.05) is 12.1 Å². The lowest BCUT2D eigenvalue weighted by Gasteiger charge is -2.15. The average Bonchev–Trinajstić information content (AvgIpc) is 2.96. The molecule has 0 aliphatic carbocycles. The molecule has 2 amide bonds. The number of benzene rings is 1. The highest BCUT2D eigenvalue weighted by Gasteiger charge is 2.29. The van der Waals surface area contributed by atoms with Crippen LogP contribution in [0.15, 0.2) is 30.3 Å². The Morgan fingerprint density at radius 1 is 1.29 bits per heavy atom. The fraction of sp³-hybridized carbons (Fsp3) is 0.375. The molecule has 1 heterocycles. The van der Waals surface area contributed by atoms with Gasteiger partial charge >= 0.3 is 6.18 Å². The molecule has 0 spiro atoms. The predicted octanol–water partition coefficient (Wildman–Crippen LogP) is 1.39. The molecule has 5 nitrogen and oxygen atoms in total. The molecular weight excluding hydrogens is 323 g/mol. The molecule has 0 bridgehead atoms. The van der Waals surface area contributed by atoms with Crippen LogP contribution < -0.4 is 11.1 Å². The third-order valence-electron chi connectivity index (χ3n) is 3.66. The van der Waals surface area contributed by atoms with Gasteiger partial charge in [-0.05, 0) is 30.2 Å². The molecule has 3 N–H and O–H groups in total. The van der Waals surface area contributed by atoms with Gasteiger partial charge in [-0.15, -0.1) is 0 Å². The molecule has 1 fully saturated rings. The topological polar surface area (TPSA) is 75.4 Å². The van der Waals surface area contributed by atoms with Gasteiger partial charge in [0.05, 0.1) is 12.1 Å². The van der Waals surface area contributed by atoms with Crippen LogP contribution in [0, 0.1) is 0 Å². The number of carbonyl (C=O) groups is 2. The van der Waals surface area contributed by atoms with Gasteiger partial charge in [0.25, 0.3) is 0 Å². The van der Waals surface area contributed by atoms with Crippen LogP contribution in [0.3, 0.4) is 0 Å². The van der Waals surface area contributed by atoms with Crippen molar-refractivity contribution in [2.75, 3.05) is 19.6 Å². The van der Waals surface area contributed by atoms with Crippen LogP contribution in [0.25, 0.3) is 6.08 Å². The number of likely N-dealkylation sites (tertiary alicyclic amines) is 1. The van der Waals surface area contributed by atoms with E-state index in [2.05, 4.69) is 5.32 Å². The van der Waals surface area contributed by atoms with E-state index in [1.165, 1.54) is 24.3 Å². The Kier molecular flexibility index (Phi) is 5.61. The number of hydrogen-bond donors (Lipinski definition) is 2. The van der Waals surface area contributed by atoms with E-state index in [0.29, 0.717) is 18.7 Å². The van der Waals surface area contributed by atoms with Gasteiger partial charge < -0.3 is 16.0 Å². The van der Waals surface area contributed by atoms with Crippen molar-refractivity contribution in [2.24, 2.45) is 5.73 Å². The third kappa shape index (κ3) is 5.09. The van der Waals surface area contributed by atoms with Crippen LogP contribution in [0.1, 0.15) is 17.5 Å². The summed E-state index contributed by atoms with van der Waals surface area (Å²) < 4.78 is 37.3. The number of carbonyl (C=O) groups excluding carboxylic acids is 2. The molecule has 0 radical (unpaired) electrons. The Labute approximate surface area is 137 Å². The van der Waals surface area contributed by atoms with Gasteiger partial charge in [0.1, 0.15) is 0 Å². The molecule has 1 aromatic carbocycles. The number of hydrogen-bond acceptors (Lipinski definition) is 3. The Hall–Kier alpha value is -2.35. The maximum Gasteiger partial charge on any atom is 0.416 e. The first-order valence-corrected chi connectivity index (χ1v) is 7.42. The molecule has 8 heteroatoms. The second kappa shape index (κ2) is 7.48.